The Morgan fingerprint density at radius 1 is 0.347 bits per heavy atom. The van der Waals surface area contributed by atoms with E-state index in [9.17, 15) is 0 Å². The maximum Gasteiger partial charge on any atom is 0.167 e. The fourth-order valence-corrected chi connectivity index (χ4v) is 7.08. The van der Waals surface area contributed by atoms with Crippen molar-refractivity contribution in [1.29, 1.82) is 0 Å². The van der Waals surface area contributed by atoms with Crippen LogP contribution in [0.5, 0.6) is 0 Å². The lowest BCUT2D eigenvalue weighted by Crippen LogP contribution is -2.00. The van der Waals surface area contributed by atoms with Crippen LogP contribution < -0.4 is 0 Å². The molecule has 49 heavy (non-hydrogen) atoms. The monoisotopic (exact) mass is 625 g/mol. The normalized spacial score (nSPS) is 11.7. The van der Waals surface area contributed by atoms with Crippen LogP contribution in [0.15, 0.2) is 168 Å². The Morgan fingerprint density at radius 3 is 1.67 bits per heavy atom. The van der Waals surface area contributed by atoms with Crippen LogP contribution in [-0.2, 0) is 0 Å². The van der Waals surface area contributed by atoms with Crippen LogP contribution in [0.25, 0.3) is 99.5 Å². The number of furan rings is 1. The van der Waals surface area contributed by atoms with E-state index in [1.54, 1.807) is 0 Å². The van der Waals surface area contributed by atoms with Gasteiger partial charge in [0.2, 0.25) is 0 Å². The van der Waals surface area contributed by atoms with Gasteiger partial charge in [0.1, 0.15) is 11.2 Å². The first kappa shape index (κ1) is 27.5. The van der Waals surface area contributed by atoms with E-state index in [1.165, 1.54) is 21.7 Å². The van der Waals surface area contributed by atoms with Crippen molar-refractivity contribution >= 4 is 54.3 Å². The summed E-state index contributed by atoms with van der Waals surface area (Å²) in [6.07, 6.45) is 0. The molecular weight excluding hydrogens is 599 g/mol. The van der Waals surface area contributed by atoms with Crippen molar-refractivity contribution in [3.63, 3.8) is 0 Å². The molecule has 0 bridgehead atoms. The molecule has 2 heterocycles. The fourth-order valence-electron chi connectivity index (χ4n) is 7.08. The smallest absolute Gasteiger partial charge is 0.167 e. The highest BCUT2D eigenvalue weighted by molar-refractivity contribution is 6.28. The zero-order valence-electron chi connectivity index (χ0n) is 26.3. The van der Waals surface area contributed by atoms with Crippen LogP contribution in [-0.4, -0.2) is 15.0 Å². The summed E-state index contributed by atoms with van der Waals surface area (Å²) in [5, 5.41) is 9.20. The highest BCUT2D eigenvalue weighted by Crippen LogP contribution is 2.43. The first-order valence-electron chi connectivity index (χ1n) is 16.4. The van der Waals surface area contributed by atoms with Gasteiger partial charge in [-0.25, -0.2) is 15.0 Å². The molecule has 0 radical (unpaired) electrons. The molecule has 0 atom stereocenters. The Bertz CT molecular complexity index is 2870. The molecule has 0 saturated carbocycles. The van der Waals surface area contributed by atoms with E-state index in [1.807, 2.05) is 30.3 Å². The van der Waals surface area contributed by atoms with Crippen LogP contribution in [0, 0.1) is 0 Å². The lowest BCUT2D eigenvalue weighted by atomic mass is 9.97. The minimum Gasteiger partial charge on any atom is -0.455 e. The number of nitrogens with zero attached hydrogens (tertiary/aromatic N) is 3. The highest BCUT2D eigenvalue weighted by Gasteiger charge is 2.21. The maximum atomic E-state index is 6.74. The van der Waals surface area contributed by atoms with Crippen LogP contribution in [0.1, 0.15) is 0 Å². The summed E-state index contributed by atoms with van der Waals surface area (Å²) in [5.41, 5.74) is 6.59. The number of rotatable bonds is 4. The SMILES string of the molecule is c1ccc(-c2nc(-c3ccc(-c4ccc5ccccc5c4)cc3)nc(-c3cc4ccccc4c4c3oc3ccc5ccccc5c34)n2)cc1. The van der Waals surface area contributed by atoms with Crippen molar-refractivity contribution in [2.75, 3.05) is 0 Å². The first-order valence-corrected chi connectivity index (χ1v) is 16.4. The highest BCUT2D eigenvalue weighted by atomic mass is 16.3. The second-order valence-corrected chi connectivity index (χ2v) is 12.4. The third-order valence-corrected chi connectivity index (χ3v) is 9.49. The summed E-state index contributed by atoms with van der Waals surface area (Å²) in [4.78, 5) is 15.3. The first-order chi connectivity index (χ1) is 24.3. The lowest BCUT2D eigenvalue weighted by molar-refractivity contribution is 0.670. The average molecular weight is 626 g/mol. The van der Waals surface area contributed by atoms with Crippen LogP contribution >= 0.6 is 0 Å². The van der Waals surface area contributed by atoms with E-state index < -0.39 is 0 Å². The van der Waals surface area contributed by atoms with Crippen molar-refractivity contribution in [3.8, 4) is 45.3 Å². The molecule has 8 aromatic carbocycles. The number of fused-ring (bicyclic) bond motifs is 8. The zero-order valence-corrected chi connectivity index (χ0v) is 26.3. The van der Waals surface area contributed by atoms with E-state index in [0.29, 0.717) is 17.5 Å². The van der Waals surface area contributed by atoms with Gasteiger partial charge in [-0.2, -0.15) is 0 Å². The minimum atomic E-state index is 0.571. The Balaban J connectivity index is 1.19. The molecule has 0 aliphatic heterocycles. The lowest BCUT2D eigenvalue weighted by Gasteiger charge is -2.11. The summed E-state index contributed by atoms with van der Waals surface area (Å²) in [6.45, 7) is 0. The summed E-state index contributed by atoms with van der Waals surface area (Å²) in [6, 6.07) is 56.9. The average Bonchev–Trinajstić information content (AvgIpc) is 3.58. The molecule has 0 fully saturated rings. The maximum absolute atomic E-state index is 6.74. The van der Waals surface area contributed by atoms with Gasteiger partial charge in [0.25, 0.3) is 0 Å². The molecule has 0 aliphatic rings. The molecule has 10 rings (SSSR count). The van der Waals surface area contributed by atoms with Crippen LogP contribution in [0.2, 0.25) is 0 Å². The second kappa shape index (κ2) is 11.0. The number of benzene rings is 8. The van der Waals surface area contributed by atoms with Gasteiger partial charge in [-0.3, -0.25) is 0 Å². The van der Waals surface area contributed by atoms with Crippen molar-refractivity contribution in [3.05, 3.63) is 164 Å². The molecule has 2 aromatic heterocycles. The third-order valence-electron chi connectivity index (χ3n) is 9.49. The molecule has 4 heteroatoms. The van der Waals surface area contributed by atoms with Gasteiger partial charge in [0.05, 0.1) is 5.56 Å². The number of aromatic nitrogens is 3. The molecule has 0 N–H and O–H groups in total. The fraction of sp³-hybridized carbons (Fsp3) is 0. The van der Waals surface area contributed by atoms with Gasteiger partial charge in [-0.05, 0) is 61.6 Å². The van der Waals surface area contributed by atoms with E-state index in [2.05, 4.69) is 133 Å². The summed E-state index contributed by atoms with van der Waals surface area (Å²) >= 11 is 0. The van der Waals surface area contributed by atoms with Gasteiger partial charge in [0, 0.05) is 21.9 Å². The van der Waals surface area contributed by atoms with Crippen molar-refractivity contribution in [2.45, 2.75) is 0 Å². The largest absolute Gasteiger partial charge is 0.455 e. The standard InChI is InChI=1S/C45H27N3O/c1-2-12-31(13-3-1)43-46-44(32-21-18-29(19-22-32)34-23-20-28-10-4-5-14-33(28)26-34)48-45(47-43)38-27-35-15-7-9-17-37(35)41-40-36-16-8-6-11-30(36)24-25-39(40)49-42(38)41/h1-27H. The predicted molar refractivity (Wildman–Crippen MR) is 201 cm³/mol. The predicted octanol–water partition coefficient (Wildman–Crippen LogP) is 11.9. The van der Waals surface area contributed by atoms with Crippen LogP contribution in [0.3, 0.4) is 0 Å². The Hall–Kier alpha value is -6.65. The zero-order chi connectivity index (χ0) is 32.3. The quantitative estimate of drug-likeness (QED) is 0.195. The van der Waals surface area contributed by atoms with Gasteiger partial charge >= 0.3 is 0 Å². The minimum absolute atomic E-state index is 0.571. The van der Waals surface area contributed by atoms with E-state index in [0.717, 1.165) is 60.4 Å². The topological polar surface area (TPSA) is 51.8 Å². The summed E-state index contributed by atoms with van der Waals surface area (Å²) in [7, 11) is 0. The van der Waals surface area contributed by atoms with Crippen molar-refractivity contribution < 1.29 is 4.42 Å². The number of hydrogen-bond acceptors (Lipinski definition) is 4. The van der Waals surface area contributed by atoms with Crippen molar-refractivity contribution in [1.82, 2.24) is 15.0 Å². The molecule has 0 saturated heterocycles. The Kier molecular flexibility index (Phi) is 6.15. The molecule has 10 aromatic rings. The molecule has 0 amide bonds. The molecule has 0 aliphatic carbocycles. The van der Waals surface area contributed by atoms with Crippen LogP contribution in [0.4, 0.5) is 0 Å². The Morgan fingerprint density at radius 2 is 0.898 bits per heavy atom. The van der Waals surface area contributed by atoms with Gasteiger partial charge in [0.15, 0.2) is 17.5 Å². The van der Waals surface area contributed by atoms with E-state index in [-0.39, 0.29) is 0 Å². The van der Waals surface area contributed by atoms with Gasteiger partial charge in [-0.15, -0.1) is 0 Å². The second-order valence-electron chi connectivity index (χ2n) is 12.4. The number of hydrogen-bond donors (Lipinski definition) is 0. The molecule has 228 valence electrons. The summed E-state index contributed by atoms with van der Waals surface area (Å²) in [5.74, 6) is 1.79. The van der Waals surface area contributed by atoms with Gasteiger partial charge < -0.3 is 4.42 Å². The van der Waals surface area contributed by atoms with E-state index >= 15 is 0 Å². The molecular formula is C45H27N3O. The van der Waals surface area contributed by atoms with Gasteiger partial charge in [-0.1, -0.05) is 146 Å². The molecule has 0 spiro atoms. The molecule has 4 nitrogen and oxygen atoms in total. The molecule has 0 unspecified atom stereocenters. The van der Waals surface area contributed by atoms with Crippen molar-refractivity contribution in [2.24, 2.45) is 0 Å². The Labute approximate surface area is 282 Å². The van der Waals surface area contributed by atoms with E-state index in [4.69, 9.17) is 19.4 Å². The third kappa shape index (κ3) is 4.57. The summed E-state index contributed by atoms with van der Waals surface area (Å²) < 4.78 is 6.74.